The van der Waals surface area contributed by atoms with Gasteiger partial charge in [0.15, 0.2) is 11.5 Å². The van der Waals surface area contributed by atoms with E-state index in [9.17, 15) is 0 Å². The maximum atomic E-state index is 5.88. The molecule has 4 rings (SSSR count). The maximum absolute atomic E-state index is 5.88. The maximum Gasteiger partial charge on any atom is 0.276 e. The molecule has 6 nitrogen and oxygen atoms in total. The summed E-state index contributed by atoms with van der Waals surface area (Å²) in [6.07, 6.45) is 6.15. The van der Waals surface area contributed by atoms with Gasteiger partial charge in [-0.25, -0.2) is 4.98 Å². The lowest BCUT2D eigenvalue weighted by Crippen LogP contribution is -2.04. The molecule has 0 N–H and O–H groups in total. The molecular formula is C20H23N3O3S2. The third kappa shape index (κ3) is 4.33. The highest BCUT2D eigenvalue weighted by molar-refractivity contribution is 7.98. The summed E-state index contributed by atoms with van der Waals surface area (Å²) in [5.74, 6) is 3.35. The van der Waals surface area contributed by atoms with Crippen LogP contribution >= 0.6 is 23.1 Å². The summed E-state index contributed by atoms with van der Waals surface area (Å²) in [5.41, 5.74) is 2.01. The summed E-state index contributed by atoms with van der Waals surface area (Å²) in [6, 6.07) is 5.84. The molecule has 8 heteroatoms. The van der Waals surface area contributed by atoms with Crippen molar-refractivity contribution in [3.8, 4) is 22.1 Å². The van der Waals surface area contributed by atoms with Crippen LogP contribution in [-0.2, 0) is 5.75 Å². The second-order valence-corrected chi connectivity index (χ2v) is 8.53. The molecule has 1 aliphatic rings. The third-order valence-electron chi connectivity index (χ3n) is 4.90. The number of aromatic nitrogens is 3. The average Bonchev–Trinajstić information content (AvgIpc) is 3.42. The highest BCUT2D eigenvalue weighted by Gasteiger charge is 2.21. The molecule has 0 aliphatic heterocycles. The van der Waals surface area contributed by atoms with E-state index >= 15 is 0 Å². The summed E-state index contributed by atoms with van der Waals surface area (Å²) in [7, 11) is 3.27. The summed E-state index contributed by atoms with van der Waals surface area (Å²) >= 11 is 3.15. The Hall–Kier alpha value is -2.06. The van der Waals surface area contributed by atoms with E-state index in [4.69, 9.17) is 18.9 Å². The molecule has 1 aromatic carbocycles. The molecule has 0 saturated heterocycles. The molecule has 28 heavy (non-hydrogen) atoms. The zero-order valence-corrected chi connectivity index (χ0v) is 17.6. The van der Waals surface area contributed by atoms with E-state index in [2.05, 4.69) is 15.6 Å². The van der Waals surface area contributed by atoms with Crippen molar-refractivity contribution < 1.29 is 13.9 Å². The fraction of sp³-hybridized carbons (Fsp3) is 0.450. The number of hydrogen-bond acceptors (Lipinski definition) is 8. The molecule has 0 spiro atoms. The zero-order valence-electron chi connectivity index (χ0n) is 16.0. The van der Waals surface area contributed by atoms with Crippen molar-refractivity contribution in [3.05, 3.63) is 35.2 Å². The quantitative estimate of drug-likeness (QED) is 0.467. The van der Waals surface area contributed by atoms with Crippen LogP contribution in [0, 0.1) is 0 Å². The van der Waals surface area contributed by atoms with E-state index in [1.807, 2.05) is 18.2 Å². The van der Waals surface area contributed by atoms with Gasteiger partial charge >= 0.3 is 0 Å². The van der Waals surface area contributed by atoms with Crippen LogP contribution in [0.3, 0.4) is 0 Å². The van der Waals surface area contributed by atoms with Crippen LogP contribution in [0.25, 0.3) is 10.6 Å². The SMILES string of the molecule is COc1ccc(-c2nc(CSc3nnc(C4CCCCC4)o3)cs2)cc1OC. The van der Waals surface area contributed by atoms with Gasteiger partial charge in [0, 0.05) is 22.6 Å². The van der Waals surface area contributed by atoms with Crippen molar-refractivity contribution >= 4 is 23.1 Å². The van der Waals surface area contributed by atoms with Gasteiger partial charge in [0.25, 0.3) is 5.22 Å². The monoisotopic (exact) mass is 417 g/mol. The van der Waals surface area contributed by atoms with Gasteiger partial charge in [0.1, 0.15) is 5.01 Å². The Morgan fingerprint density at radius 1 is 1.11 bits per heavy atom. The fourth-order valence-electron chi connectivity index (χ4n) is 3.40. The summed E-state index contributed by atoms with van der Waals surface area (Å²) < 4.78 is 16.6. The zero-order chi connectivity index (χ0) is 19.3. The number of thiazole rings is 1. The molecule has 0 amide bonds. The summed E-state index contributed by atoms with van der Waals surface area (Å²) in [6.45, 7) is 0. The highest BCUT2D eigenvalue weighted by Crippen LogP contribution is 2.35. The third-order valence-corrected chi connectivity index (χ3v) is 6.69. The Morgan fingerprint density at radius 2 is 1.93 bits per heavy atom. The molecule has 1 saturated carbocycles. The number of hydrogen-bond donors (Lipinski definition) is 0. The van der Waals surface area contributed by atoms with Crippen LogP contribution in [0.15, 0.2) is 33.2 Å². The Kier molecular flexibility index (Phi) is 6.17. The van der Waals surface area contributed by atoms with E-state index in [-0.39, 0.29) is 0 Å². The Bertz CT molecular complexity index is 919. The highest BCUT2D eigenvalue weighted by atomic mass is 32.2. The van der Waals surface area contributed by atoms with Gasteiger partial charge in [0.05, 0.1) is 19.9 Å². The minimum Gasteiger partial charge on any atom is -0.493 e. The van der Waals surface area contributed by atoms with Crippen molar-refractivity contribution in [2.24, 2.45) is 0 Å². The molecule has 1 fully saturated rings. The van der Waals surface area contributed by atoms with Crippen molar-refractivity contribution in [1.29, 1.82) is 0 Å². The minimum atomic E-state index is 0.437. The van der Waals surface area contributed by atoms with Crippen LogP contribution in [0.1, 0.15) is 49.6 Å². The summed E-state index contributed by atoms with van der Waals surface area (Å²) in [5, 5.41) is 12.1. The van der Waals surface area contributed by atoms with Crippen molar-refractivity contribution in [3.63, 3.8) is 0 Å². The van der Waals surface area contributed by atoms with Crippen molar-refractivity contribution in [1.82, 2.24) is 15.2 Å². The van der Waals surface area contributed by atoms with Gasteiger partial charge in [-0.15, -0.1) is 21.5 Å². The fourth-order valence-corrected chi connectivity index (χ4v) is 4.99. The normalized spacial score (nSPS) is 14.9. The molecule has 2 aromatic heterocycles. The smallest absolute Gasteiger partial charge is 0.276 e. The van der Waals surface area contributed by atoms with Gasteiger partial charge < -0.3 is 13.9 Å². The van der Waals surface area contributed by atoms with E-state index in [1.165, 1.54) is 31.0 Å². The molecular weight excluding hydrogens is 394 g/mol. The second kappa shape index (κ2) is 8.96. The lowest BCUT2D eigenvalue weighted by molar-refractivity contribution is 0.334. The van der Waals surface area contributed by atoms with Gasteiger partial charge in [0.2, 0.25) is 5.89 Å². The van der Waals surface area contributed by atoms with Crippen LogP contribution in [-0.4, -0.2) is 29.4 Å². The van der Waals surface area contributed by atoms with Gasteiger partial charge in [-0.2, -0.15) is 0 Å². The average molecular weight is 418 g/mol. The number of benzene rings is 1. The van der Waals surface area contributed by atoms with E-state index in [0.717, 1.165) is 35.0 Å². The number of rotatable bonds is 7. The molecule has 148 valence electrons. The molecule has 0 unspecified atom stereocenters. The van der Waals surface area contributed by atoms with Crippen LogP contribution in [0.5, 0.6) is 11.5 Å². The number of ether oxygens (including phenoxy) is 2. The molecule has 3 aromatic rings. The topological polar surface area (TPSA) is 70.3 Å². The second-order valence-electron chi connectivity index (χ2n) is 6.74. The predicted octanol–water partition coefficient (Wildman–Crippen LogP) is 5.55. The molecule has 0 atom stereocenters. The first-order valence-electron chi connectivity index (χ1n) is 9.40. The first-order valence-corrected chi connectivity index (χ1v) is 11.3. The van der Waals surface area contributed by atoms with Crippen LogP contribution in [0.4, 0.5) is 0 Å². The van der Waals surface area contributed by atoms with Crippen LogP contribution in [0.2, 0.25) is 0 Å². The predicted molar refractivity (Wildman–Crippen MR) is 110 cm³/mol. The van der Waals surface area contributed by atoms with Crippen molar-refractivity contribution in [2.75, 3.05) is 14.2 Å². The first kappa shape index (κ1) is 19.3. The molecule has 2 heterocycles. The number of thioether (sulfide) groups is 1. The Labute approximate surface area is 172 Å². The largest absolute Gasteiger partial charge is 0.493 e. The standard InChI is InChI=1S/C20H23N3O3S2/c1-24-16-9-8-14(10-17(16)25-2)19-21-15(11-27-19)12-28-20-23-22-18(26-20)13-6-4-3-5-7-13/h8-11,13H,3-7,12H2,1-2H3. The lowest BCUT2D eigenvalue weighted by Gasteiger charge is -2.17. The van der Waals surface area contributed by atoms with E-state index < -0.39 is 0 Å². The molecule has 0 radical (unpaired) electrons. The van der Waals surface area contributed by atoms with Gasteiger partial charge in [-0.3, -0.25) is 0 Å². The molecule has 1 aliphatic carbocycles. The number of methoxy groups -OCH3 is 2. The Morgan fingerprint density at radius 3 is 2.71 bits per heavy atom. The number of nitrogens with zero attached hydrogens (tertiary/aromatic N) is 3. The first-order chi connectivity index (χ1) is 13.8. The minimum absolute atomic E-state index is 0.437. The van der Waals surface area contributed by atoms with E-state index in [1.54, 1.807) is 25.6 Å². The van der Waals surface area contributed by atoms with Crippen molar-refractivity contribution in [2.45, 2.75) is 49.0 Å². The van der Waals surface area contributed by atoms with E-state index in [0.29, 0.717) is 28.4 Å². The van der Waals surface area contributed by atoms with Crippen LogP contribution < -0.4 is 9.47 Å². The van der Waals surface area contributed by atoms with Gasteiger partial charge in [-0.1, -0.05) is 31.0 Å². The molecule has 0 bridgehead atoms. The Balaban J connectivity index is 1.39. The summed E-state index contributed by atoms with van der Waals surface area (Å²) in [4.78, 5) is 4.73. The van der Waals surface area contributed by atoms with Gasteiger partial charge in [-0.05, 0) is 31.0 Å². The lowest BCUT2D eigenvalue weighted by atomic mass is 9.89.